The summed E-state index contributed by atoms with van der Waals surface area (Å²) >= 11 is 3.32. The zero-order valence-electron chi connectivity index (χ0n) is 27.1. The molecule has 0 radical (unpaired) electrons. The SMILES string of the molecule is [2H]C([2H])([2H])N1[CH-]N(c2[c-]c(Oc3[c-]c4c(-c5cc(C(C)(C)C)ccn5)c5sc6ccccc6c5cc4s3)ccc2)c2ccccc21.[Pt]. The summed E-state index contributed by atoms with van der Waals surface area (Å²) in [5.74, 6) is 0.514. The summed E-state index contributed by atoms with van der Waals surface area (Å²) in [6.45, 7) is 5.93. The Morgan fingerprint density at radius 1 is 0.864 bits per heavy atom. The molecule has 222 valence electrons. The number of para-hydroxylation sites is 2. The van der Waals surface area contributed by atoms with Gasteiger partial charge < -0.3 is 14.5 Å². The third-order valence-electron chi connectivity index (χ3n) is 7.79. The van der Waals surface area contributed by atoms with Crippen molar-refractivity contribution in [1.82, 2.24) is 4.98 Å². The number of rotatable bonds is 4. The first-order valence-electron chi connectivity index (χ1n) is 15.5. The van der Waals surface area contributed by atoms with Crippen molar-refractivity contribution in [3.8, 4) is 22.1 Å². The van der Waals surface area contributed by atoms with Crippen LogP contribution < -0.4 is 14.5 Å². The Kier molecular flexibility index (Phi) is 6.42. The number of thiophene rings is 2. The third kappa shape index (κ3) is 4.90. The number of aromatic nitrogens is 1. The number of nitrogens with zero attached hydrogens (tertiary/aromatic N) is 3. The molecule has 0 amide bonds. The molecule has 0 fully saturated rings. The van der Waals surface area contributed by atoms with E-state index >= 15 is 0 Å². The van der Waals surface area contributed by atoms with E-state index in [2.05, 4.69) is 75.4 Å². The molecule has 8 rings (SSSR count). The standard InChI is InChI=1S/C37H28N3OS2.Pt/c1-37(2,3)23-16-17-38-29(18-23)35-28-21-34(42-33(28)20-27-26-12-5-8-15-32(26)43-36(27)35)41-25-11-9-10-24(19-25)40-22-39(4)30-13-6-7-14-31(30)40;/h5-18,20,22H,1-4H3;/q-3;/i4D3;. The van der Waals surface area contributed by atoms with Crippen LogP contribution in [0.25, 0.3) is 41.5 Å². The van der Waals surface area contributed by atoms with Gasteiger partial charge in [0.15, 0.2) is 0 Å². The fourth-order valence-corrected chi connectivity index (χ4v) is 7.79. The van der Waals surface area contributed by atoms with Crippen molar-refractivity contribution >= 4 is 70.0 Å². The van der Waals surface area contributed by atoms with Crippen LogP contribution in [0, 0.1) is 18.8 Å². The number of benzene rings is 4. The Labute approximate surface area is 284 Å². The van der Waals surface area contributed by atoms with Crippen molar-refractivity contribution in [3.05, 3.63) is 115 Å². The molecule has 0 bridgehead atoms. The first-order chi connectivity index (χ1) is 22.0. The van der Waals surface area contributed by atoms with Gasteiger partial charge >= 0.3 is 0 Å². The average molecular weight is 793 g/mol. The van der Waals surface area contributed by atoms with Crippen LogP contribution in [0.2, 0.25) is 0 Å². The van der Waals surface area contributed by atoms with Gasteiger partial charge in [0, 0.05) is 58.9 Å². The van der Waals surface area contributed by atoms with Crippen molar-refractivity contribution in [2.75, 3.05) is 16.8 Å². The molecule has 0 N–H and O–H groups in total. The van der Waals surface area contributed by atoms with Crippen LogP contribution in [0.1, 0.15) is 30.4 Å². The summed E-state index contributed by atoms with van der Waals surface area (Å²) in [5, 5.41) is 4.02. The van der Waals surface area contributed by atoms with E-state index in [0.717, 1.165) is 27.0 Å². The Bertz CT molecular complexity index is 2290. The molecule has 7 aromatic rings. The molecule has 0 aliphatic carbocycles. The Hall–Kier alpha value is -3.70. The maximum absolute atomic E-state index is 8.02. The summed E-state index contributed by atoms with van der Waals surface area (Å²) in [4.78, 5) is 8.01. The largest absolute Gasteiger partial charge is 0.504 e. The predicted octanol–water partition coefficient (Wildman–Crippen LogP) is 10.7. The van der Waals surface area contributed by atoms with E-state index in [4.69, 9.17) is 13.8 Å². The Morgan fingerprint density at radius 2 is 1.68 bits per heavy atom. The van der Waals surface area contributed by atoms with Gasteiger partial charge in [-0.05, 0) is 63.8 Å². The first kappa shape index (κ1) is 25.6. The number of anilines is 3. The number of hydrogen-bond acceptors (Lipinski definition) is 6. The van der Waals surface area contributed by atoms with Gasteiger partial charge in [-0.15, -0.1) is 41.3 Å². The minimum absolute atomic E-state index is 0. The zero-order chi connectivity index (χ0) is 31.8. The fourth-order valence-electron chi connectivity index (χ4n) is 5.63. The van der Waals surface area contributed by atoms with Crippen molar-refractivity contribution in [3.63, 3.8) is 0 Å². The van der Waals surface area contributed by atoms with Crippen LogP contribution in [0.5, 0.6) is 10.8 Å². The monoisotopic (exact) mass is 792 g/mol. The van der Waals surface area contributed by atoms with E-state index in [-0.39, 0.29) is 26.5 Å². The maximum atomic E-state index is 8.02. The van der Waals surface area contributed by atoms with Crippen LogP contribution in [0.4, 0.5) is 17.1 Å². The molecule has 0 spiro atoms. The van der Waals surface area contributed by atoms with E-state index in [1.165, 1.54) is 30.6 Å². The molecular formula is C37H28N3OPtS2-3. The number of pyridine rings is 1. The fraction of sp³-hybridized carbons (Fsp3) is 0.135. The third-order valence-corrected chi connectivity index (χ3v) is 9.91. The van der Waals surface area contributed by atoms with Gasteiger partial charge in [0.1, 0.15) is 5.06 Å². The molecule has 0 atom stereocenters. The van der Waals surface area contributed by atoms with Crippen LogP contribution in [0.15, 0.2) is 91.1 Å². The minimum Gasteiger partial charge on any atom is -0.504 e. The van der Waals surface area contributed by atoms with Gasteiger partial charge in [0.25, 0.3) is 0 Å². The molecule has 1 aliphatic heterocycles. The van der Waals surface area contributed by atoms with Crippen molar-refractivity contribution in [2.24, 2.45) is 0 Å². The molecule has 7 heteroatoms. The van der Waals surface area contributed by atoms with Gasteiger partial charge in [-0.1, -0.05) is 67.4 Å². The molecule has 4 nitrogen and oxygen atoms in total. The van der Waals surface area contributed by atoms with E-state index in [0.29, 0.717) is 22.2 Å². The Balaban J connectivity index is 0.00000351. The molecule has 3 aromatic heterocycles. The predicted molar refractivity (Wildman–Crippen MR) is 182 cm³/mol. The van der Waals surface area contributed by atoms with Gasteiger partial charge in [0.2, 0.25) is 0 Å². The normalized spacial score (nSPS) is 14.4. The molecule has 4 heterocycles. The van der Waals surface area contributed by atoms with Gasteiger partial charge in [0.05, 0.1) is 0 Å². The van der Waals surface area contributed by atoms with E-state index in [1.807, 2.05) is 53.6 Å². The van der Waals surface area contributed by atoms with Gasteiger partial charge in [-0.25, -0.2) is 0 Å². The quantitative estimate of drug-likeness (QED) is 0.166. The van der Waals surface area contributed by atoms with Gasteiger partial charge in [-0.2, -0.15) is 29.5 Å². The summed E-state index contributed by atoms with van der Waals surface area (Å²) in [6, 6.07) is 35.1. The first-order valence-corrected chi connectivity index (χ1v) is 15.7. The maximum Gasteiger partial charge on any atom is 0.107 e. The molecule has 4 aromatic carbocycles. The average Bonchev–Trinajstić information content (AvgIpc) is 3.72. The summed E-state index contributed by atoms with van der Waals surface area (Å²) in [7, 11) is 0. The summed E-state index contributed by atoms with van der Waals surface area (Å²) < 4.78 is 34.0. The van der Waals surface area contributed by atoms with Crippen LogP contribution >= 0.6 is 22.7 Å². The smallest absolute Gasteiger partial charge is 0.107 e. The second-order valence-electron chi connectivity index (χ2n) is 11.6. The number of fused-ring (bicyclic) bond motifs is 5. The van der Waals surface area contributed by atoms with E-state index < -0.39 is 6.98 Å². The van der Waals surface area contributed by atoms with Crippen molar-refractivity contribution in [1.29, 1.82) is 0 Å². The van der Waals surface area contributed by atoms with Crippen molar-refractivity contribution < 1.29 is 29.9 Å². The van der Waals surface area contributed by atoms with Crippen molar-refractivity contribution in [2.45, 2.75) is 26.2 Å². The summed E-state index contributed by atoms with van der Waals surface area (Å²) in [5.41, 5.74) is 5.24. The second-order valence-corrected chi connectivity index (χ2v) is 13.7. The van der Waals surface area contributed by atoms with E-state index in [9.17, 15) is 0 Å². The molecule has 0 saturated heterocycles. The van der Waals surface area contributed by atoms with Crippen LogP contribution in [0.3, 0.4) is 0 Å². The second kappa shape index (κ2) is 11.0. The van der Waals surface area contributed by atoms with E-state index in [1.54, 1.807) is 29.3 Å². The molecule has 44 heavy (non-hydrogen) atoms. The summed E-state index contributed by atoms with van der Waals surface area (Å²) in [6.07, 6.45) is 1.90. The minimum atomic E-state index is -2.32. The topological polar surface area (TPSA) is 28.6 Å². The number of ether oxygens (including phenoxy) is 1. The Morgan fingerprint density at radius 3 is 2.52 bits per heavy atom. The molecular weight excluding hydrogens is 762 g/mol. The molecule has 1 aliphatic rings. The molecule has 0 saturated carbocycles. The van der Waals surface area contributed by atoms with Crippen LogP contribution in [-0.2, 0) is 26.5 Å². The van der Waals surface area contributed by atoms with Crippen LogP contribution in [-0.4, -0.2) is 12.0 Å². The zero-order valence-corrected chi connectivity index (χ0v) is 28.0. The molecule has 0 unspecified atom stereocenters. The number of hydrogen-bond donors (Lipinski definition) is 0. The van der Waals surface area contributed by atoms with Gasteiger partial charge in [-0.3, -0.25) is 4.98 Å².